The van der Waals surface area contributed by atoms with Gasteiger partial charge in [-0.25, -0.2) is 8.42 Å². The van der Waals surface area contributed by atoms with E-state index in [1.165, 1.54) is 16.7 Å². The van der Waals surface area contributed by atoms with Gasteiger partial charge in [-0.15, -0.1) is 0 Å². The lowest BCUT2D eigenvalue weighted by Gasteiger charge is -2.22. The van der Waals surface area contributed by atoms with Gasteiger partial charge in [-0.2, -0.15) is 0 Å². The molecule has 0 aliphatic carbocycles. The van der Waals surface area contributed by atoms with Gasteiger partial charge >= 0.3 is 0 Å². The van der Waals surface area contributed by atoms with E-state index >= 15 is 0 Å². The summed E-state index contributed by atoms with van der Waals surface area (Å²) in [5, 5.41) is 3.38. The number of sulfone groups is 1. The SMILES string of the molecule is CCS(=O)(=O)CC(C)NC(C)c1cc(C)ccc1C. The smallest absolute Gasteiger partial charge is 0.151 e. The van der Waals surface area contributed by atoms with Crippen LogP contribution in [0.25, 0.3) is 0 Å². The molecule has 108 valence electrons. The number of benzene rings is 1. The van der Waals surface area contributed by atoms with Crippen LogP contribution < -0.4 is 5.32 Å². The molecule has 1 aromatic carbocycles. The molecular weight excluding hydrogens is 258 g/mol. The van der Waals surface area contributed by atoms with Crippen LogP contribution in [0.1, 0.15) is 43.5 Å². The largest absolute Gasteiger partial charge is 0.307 e. The number of aryl methyl sites for hydroxylation is 2. The normalized spacial score (nSPS) is 15.2. The molecule has 0 aromatic heterocycles. The summed E-state index contributed by atoms with van der Waals surface area (Å²) in [4.78, 5) is 0. The summed E-state index contributed by atoms with van der Waals surface area (Å²) in [6, 6.07) is 6.47. The summed E-state index contributed by atoms with van der Waals surface area (Å²) in [6.07, 6.45) is 0. The van der Waals surface area contributed by atoms with E-state index in [1.54, 1.807) is 6.92 Å². The van der Waals surface area contributed by atoms with E-state index in [0.717, 1.165) is 0 Å². The minimum absolute atomic E-state index is 0.0418. The molecule has 2 atom stereocenters. The van der Waals surface area contributed by atoms with Gasteiger partial charge in [0.05, 0.1) is 5.75 Å². The number of rotatable bonds is 6. The highest BCUT2D eigenvalue weighted by molar-refractivity contribution is 7.91. The average molecular weight is 283 g/mol. The van der Waals surface area contributed by atoms with E-state index in [4.69, 9.17) is 0 Å². The Morgan fingerprint density at radius 3 is 2.42 bits per heavy atom. The molecule has 0 fully saturated rings. The number of hydrogen-bond donors (Lipinski definition) is 1. The summed E-state index contributed by atoms with van der Waals surface area (Å²) in [5.74, 6) is 0.398. The highest BCUT2D eigenvalue weighted by Crippen LogP contribution is 2.19. The Morgan fingerprint density at radius 2 is 1.84 bits per heavy atom. The monoisotopic (exact) mass is 283 g/mol. The second-order valence-electron chi connectivity index (χ2n) is 5.35. The maximum Gasteiger partial charge on any atom is 0.151 e. The summed E-state index contributed by atoms with van der Waals surface area (Å²) in [6.45, 7) is 9.85. The standard InChI is InChI=1S/C15H25NO2S/c1-6-19(17,18)10-13(4)16-14(5)15-9-11(2)7-8-12(15)3/h7-9,13-14,16H,6,10H2,1-5H3. The summed E-state index contributed by atoms with van der Waals surface area (Å²) < 4.78 is 23.2. The lowest BCUT2D eigenvalue weighted by molar-refractivity contribution is 0.498. The molecule has 0 amide bonds. The van der Waals surface area contributed by atoms with Gasteiger partial charge in [-0.05, 0) is 38.8 Å². The van der Waals surface area contributed by atoms with Gasteiger partial charge in [0.1, 0.15) is 0 Å². The minimum Gasteiger partial charge on any atom is -0.307 e. The number of hydrogen-bond acceptors (Lipinski definition) is 3. The zero-order valence-corrected chi connectivity index (χ0v) is 13.3. The fourth-order valence-electron chi connectivity index (χ4n) is 2.29. The Morgan fingerprint density at radius 1 is 1.21 bits per heavy atom. The van der Waals surface area contributed by atoms with E-state index < -0.39 is 9.84 Å². The van der Waals surface area contributed by atoms with Crippen molar-refractivity contribution in [3.8, 4) is 0 Å². The summed E-state index contributed by atoms with van der Waals surface area (Å²) >= 11 is 0. The minimum atomic E-state index is -2.93. The van der Waals surface area contributed by atoms with Gasteiger partial charge in [0.15, 0.2) is 9.84 Å². The van der Waals surface area contributed by atoms with Crippen LogP contribution in [0.4, 0.5) is 0 Å². The van der Waals surface area contributed by atoms with Crippen molar-refractivity contribution in [1.29, 1.82) is 0 Å². The van der Waals surface area contributed by atoms with Crippen molar-refractivity contribution in [3.63, 3.8) is 0 Å². The molecule has 0 spiro atoms. The molecule has 0 bridgehead atoms. The molecule has 3 nitrogen and oxygen atoms in total. The van der Waals surface area contributed by atoms with Crippen molar-refractivity contribution >= 4 is 9.84 Å². The quantitative estimate of drug-likeness (QED) is 0.873. The van der Waals surface area contributed by atoms with Crippen LogP contribution in [0.3, 0.4) is 0 Å². The molecule has 1 aromatic rings. The molecule has 2 unspecified atom stereocenters. The van der Waals surface area contributed by atoms with Crippen molar-refractivity contribution in [2.75, 3.05) is 11.5 Å². The van der Waals surface area contributed by atoms with Crippen LogP contribution in [0.2, 0.25) is 0 Å². The van der Waals surface area contributed by atoms with Gasteiger partial charge in [-0.3, -0.25) is 0 Å². The molecule has 0 saturated carbocycles. The second-order valence-corrected chi connectivity index (χ2v) is 7.75. The zero-order chi connectivity index (χ0) is 14.6. The molecule has 0 aliphatic rings. The zero-order valence-electron chi connectivity index (χ0n) is 12.5. The van der Waals surface area contributed by atoms with Gasteiger partial charge < -0.3 is 5.32 Å². The van der Waals surface area contributed by atoms with E-state index in [1.807, 2.05) is 6.92 Å². The first-order chi connectivity index (χ1) is 8.75. The van der Waals surface area contributed by atoms with Crippen LogP contribution in [-0.2, 0) is 9.84 Å². The second kappa shape index (κ2) is 6.53. The highest BCUT2D eigenvalue weighted by Gasteiger charge is 2.17. The van der Waals surface area contributed by atoms with Crippen molar-refractivity contribution in [2.24, 2.45) is 0 Å². The van der Waals surface area contributed by atoms with E-state index in [9.17, 15) is 8.42 Å². The fourth-order valence-corrected chi connectivity index (χ4v) is 3.38. The maximum absolute atomic E-state index is 11.6. The molecule has 1 rings (SSSR count). The average Bonchev–Trinajstić information content (AvgIpc) is 2.31. The molecule has 0 saturated heterocycles. The molecular formula is C15H25NO2S. The van der Waals surface area contributed by atoms with E-state index in [0.29, 0.717) is 0 Å². The highest BCUT2D eigenvalue weighted by atomic mass is 32.2. The Bertz CT molecular complexity index is 523. The topological polar surface area (TPSA) is 46.2 Å². The maximum atomic E-state index is 11.6. The molecule has 1 N–H and O–H groups in total. The summed E-state index contributed by atoms with van der Waals surface area (Å²) in [5.41, 5.74) is 3.69. The molecule has 0 heterocycles. The van der Waals surface area contributed by atoms with Gasteiger partial charge in [-0.1, -0.05) is 30.7 Å². The predicted octanol–water partition coefficient (Wildman–Crippen LogP) is 2.78. The van der Waals surface area contributed by atoms with Crippen LogP contribution >= 0.6 is 0 Å². The Balaban J connectivity index is 2.74. The van der Waals surface area contributed by atoms with Crippen LogP contribution in [0.15, 0.2) is 18.2 Å². The van der Waals surface area contributed by atoms with Crippen LogP contribution in [-0.4, -0.2) is 26.0 Å². The Hall–Kier alpha value is -0.870. The fraction of sp³-hybridized carbons (Fsp3) is 0.600. The third kappa shape index (κ3) is 4.96. The van der Waals surface area contributed by atoms with Gasteiger partial charge in [0.25, 0.3) is 0 Å². The van der Waals surface area contributed by atoms with Crippen LogP contribution in [0.5, 0.6) is 0 Å². The first kappa shape index (κ1) is 16.2. The summed E-state index contributed by atoms with van der Waals surface area (Å²) in [7, 11) is -2.93. The van der Waals surface area contributed by atoms with Crippen molar-refractivity contribution in [1.82, 2.24) is 5.32 Å². The predicted molar refractivity (Wildman–Crippen MR) is 81.3 cm³/mol. The molecule has 0 radical (unpaired) electrons. The van der Waals surface area contributed by atoms with Crippen molar-refractivity contribution in [3.05, 3.63) is 34.9 Å². The lowest BCUT2D eigenvalue weighted by Crippen LogP contribution is -2.35. The first-order valence-corrected chi connectivity index (χ1v) is 8.61. The molecule has 19 heavy (non-hydrogen) atoms. The molecule has 4 heteroatoms. The number of nitrogens with one attached hydrogen (secondary N) is 1. The van der Waals surface area contributed by atoms with Crippen molar-refractivity contribution in [2.45, 2.75) is 46.7 Å². The van der Waals surface area contributed by atoms with E-state index in [2.05, 4.69) is 44.3 Å². The molecule has 0 aliphatic heterocycles. The van der Waals surface area contributed by atoms with E-state index in [-0.39, 0.29) is 23.6 Å². The first-order valence-electron chi connectivity index (χ1n) is 6.78. The van der Waals surface area contributed by atoms with Gasteiger partial charge in [0.2, 0.25) is 0 Å². The third-order valence-corrected chi connectivity index (χ3v) is 5.27. The lowest BCUT2D eigenvalue weighted by atomic mass is 9.99. The Labute approximate surface area is 117 Å². The van der Waals surface area contributed by atoms with Gasteiger partial charge in [0, 0.05) is 17.8 Å². The third-order valence-electron chi connectivity index (χ3n) is 3.38. The van der Waals surface area contributed by atoms with Crippen molar-refractivity contribution < 1.29 is 8.42 Å². The Kier molecular flexibility index (Phi) is 5.56. The van der Waals surface area contributed by atoms with Crippen LogP contribution in [0, 0.1) is 13.8 Å².